The topological polar surface area (TPSA) is 35.5 Å². The number of carbonyl (C=O) groups excluding carboxylic acids is 1. The van der Waals surface area contributed by atoms with E-state index in [1.165, 1.54) is 0 Å². The molecule has 0 atom stereocenters. The van der Waals surface area contributed by atoms with Gasteiger partial charge in [-0.25, -0.2) is 0 Å². The lowest BCUT2D eigenvalue weighted by Gasteiger charge is -2.19. The molecule has 0 heterocycles. The first-order valence-electron chi connectivity index (χ1n) is 5.33. The van der Waals surface area contributed by atoms with Crippen molar-refractivity contribution in [1.82, 2.24) is 0 Å². The Labute approximate surface area is 96.4 Å². The molecule has 0 saturated heterocycles. The van der Waals surface area contributed by atoms with E-state index >= 15 is 0 Å². The van der Waals surface area contributed by atoms with Gasteiger partial charge in [-0.1, -0.05) is 0 Å². The van der Waals surface area contributed by atoms with Crippen LogP contribution >= 0.6 is 0 Å². The van der Waals surface area contributed by atoms with E-state index in [0.717, 1.165) is 12.0 Å². The van der Waals surface area contributed by atoms with Crippen molar-refractivity contribution in [3.05, 3.63) is 29.8 Å². The molecule has 88 valence electrons. The summed E-state index contributed by atoms with van der Waals surface area (Å²) < 4.78 is 11.0. The van der Waals surface area contributed by atoms with Gasteiger partial charge in [0.05, 0.1) is 12.2 Å². The van der Waals surface area contributed by atoms with Crippen molar-refractivity contribution in [2.75, 3.05) is 13.2 Å². The third kappa shape index (κ3) is 4.94. The van der Waals surface area contributed by atoms with E-state index in [-0.39, 0.29) is 5.60 Å². The van der Waals surface area contributed by atoms with Gasteiger partial charge in [-0.3, -0.25) is 4.79 Å². The zero-order valence-corrected chi connectivity index (χ0v) is 10.0. The Morgan fingerprint density at radius 2 is 1.75 bits per heavy atom. The van der Waals surface area contributed by atoms with Crippen molar-refractivity contribution < 1.29 is 14.3 Å². The highest BCUT2D eigenvalue weighted by atomic mass is 16.5. The second-order valence-electron chi connectivity index (χ2n) is 4.50. The highest BCUT2D eigenvalue weighted by Crippen LogP contribution is 2.11. The number of rotatable bonds is 5. The van der Waals surface area contributed by atoms with Crippen molar-refractivity contribution in [3.63, 3.8) is 0 Å². The molecule has 1 aromatic rings. The van der Waals surface area contributed by atoms with Crippen LogP contribution in [-0.2, 0) is 4.74 Å². The summed E-state index contributed by atoms with van der Waals surface area (Å²) in [7, 11) is 0. The van der Waals surface area contributed by atoms with E-state index in [0.29, 0.717) is 18.8 Å². The molecule has 0 aliphatic heterocycles. The fourth-order valence-corrected chi connectivity index (χ4v) is 1.15. The number of ether oxygens (including phenoxy) is 2. The normalized spacial score (nSPS) is 11.2. The second kappa shape index (κ2) is 5.66. The lowest BCUT2D eigenvalue weighted by molar-refractivity contribution is -0.0163. The standard InChI is InChI=1S/C13H18O3/c1-13(2,3)16-9-8-15-12-6-4-11(10-14)5-7-12/h4-7,10H,8-9H2,1-3H3. The van der Waals surface area contributed by atoms with Crippen LogP contribution in [0.2, 0.25) is 0 Å². The second-order valence-corrected chi connectivity index (χ2v) is 4.50. The first-order valence-corrected chi connectivity index (χ1v) is 5.33. The Balaban J connectivity index is 2.29. The Bertz CT molecular complexity index is 322. The zero-order valence-electron chi connectivity index (χ0n) is 10.0. The number of carbonyl (C=O) groups is 1. The third-order valence-corrected chi connectivity index (χ3v) is 1.90. The molecule has 0 unspecified atom stereocenters. The molecule has 0 aromatic heterocycles. The predicted octanol–water partition coefficient (Wildman–Crippen LogP) is 2.69. The maximum Gasteiger partial charge on any atom is 0.150 e. The molecular weight excluding hydrogens is 204 g/mol. The summed E-state index contributed by atoms with van der Waals surface area (Å²) >= 11 is 0. The van der Waals surface area contributed by atoms with E-state index < -0.39 is 0 Å². The summed E-state index contributed by atoms with van der Waals surface area (Å²) in [5.74, 6) is 0.753. The average molecular weight is 222 g/mol. The average Bonchev–Trinajstić information content (AvgIpc) is 2.24. The Kier molecular flexibility index (Phi) is 4.50. The summed E-state index contributed by atoms with van der Waals surface area (Å²) in [5.41, 5.74) is 0.517. The number of benzene rings is 1. The molecule has 0 spiro atoms. The minimum Gasteiger partial charge on any atom is -0.491 e. The van der Waals surface area contributed by atoms with Gasteiger partial charge in [0.15, 0.2) is 0 Å². The molecule has 0 aliphatic rings. The van der Waals surface area contributed by atoms with E-state index in [9.17, 15) is 4.79 Å². The minimum atomic E-state index is -0.134. The highest BCUT2D eigenvalue weighted by Gasteiger charge is 2.09. The smallest absolute Gasteiger partial charge is 0.150 e. The van der Waals surface area contributed by atoms with Crippen LogP contribution in [0.4, 0.5) is 0 Å². The number of aldehydes is 1. The highest BCUT2D eigenvalue weighted by molar-refractivity contribution is 5.74. The monoisotopic (exact) mass is 222 g/mol. The molecule has 1 aromatic carbocycles. The van der Waals surface area contributed by atoms with Crippen LogP contribution < -0.4 is 4.74 Å². The van der Waals surface area contributed by atoms with Gasteiger partial charge < -0.3 is 9.47 Å². The Hall–Kier alpha value is -1.35. The molecule has 0 N–H and O–H groups in total. The summed E-state index contributed by atoms with van der Waals surface area (Å²) in [6.45, 7) is 7.08. The fourth-order valence-electron chi connectivity index (χ4n) is 1.15. The summed E-state index contributed by atoms with van der Waals surface area (Å²) in [6, 6.07) is 7.02. The van der Waals surface area contributed by atoms with Crippen molar-refractivity contribution in [2.24, 2.45) is 0 Å². The van der Waals surface area contributed by atoms with Crippen molar-refractivity contribution in [3.8, 4) is 5.75 Å². The quantitative estimate of drug-likeness (QED) is 0.567. The van der Waals surface area contributed by atoms with E-state index in [4.69, 9.17) is 9.47 Å². The Morgan fingerprint density at radius 3 is 2.25 bits per heavy atom. The third-order valence-electron chi connectivity index (χ3n) is 1.90. The zero-order chi connectivity index (χ0) is 12.0. The fraction of sp³-hybridized carbons (Fsp3) is 0.462. The van der Waals surface area contributed by atoms with Gasteiger partial charge in [0, 0.05) is 5.56 Å². The predicted molar refractivity (Wildman–Crippen MR) is 63.0 cm³/mol. The van der Waals surface area contributed by atoms with Gasteiger partial charge in [0.25, 0.3) is 0 Å². The molecule has 0 radical (unpaired) electrons. The molecule has 16 heavy (non-hydrogen) atoms. The lowest BCUT2D eigenvalue weighted by atomic mass is 10.2. The minimum absolute atomic E-state index is 0.134. The van der Waals surface area contributed by atoms with Crippen LogP contribution in [0.3, 0.4) is 0 Å². The number of hydrogen-bond acceptors (Lipinski definition) is 3. The molecule has 3 nitrogen and oxygen atoms in total. The van der Waals surface area contributed by atoms with Crippen LogP contribution in [0.5, 0.6) is 5.75 Å². The van der Waals surface area contributed by atoms with E-state index in [2.05, 4.69) is 0 Å². The van der Waals surface area contributed by atoms with Crippen molar-refractivity contribution in [2.45, 2.75) is 26.4 Å². The van der Waals surface area contributed by atoms with Gasteiger partial charge in [0.2, 0.25) is 0 Å². The van der Waals surface area contributed by atoms with Crippen LogP contribution in [0.25, 0.3) is 0 Å². The summed E-state index contributed by atoms with van der Waals surface area (Å²) in [5, 5.41) is 0. The van der Waals surface area contributed by atoms with Crippen molar-refractivity contribution in [1.29, 1.82) is 0 Å². The van der Waals surface area contributed by atoms with Gasteiger partial charge >= 0.3 is 0 Å². The molecular formula is C13H18O3. The first kappa shape index (κ1) is 12.7. The van der Waals surface area contributed by atoms with Crippen LogP contribution in [0.1, 0.15) is 31.1 Å². The van der Waals surface area contributed by atoms with Gasteiger partial charge in [-0.15, -0.1) is 0 Å². The summed E-state index contributed by atoms with van der Waals surface area (Å²) in [4.78, 5) is 10.4. The summed E-state index contributed by atoms with van der Waals surface area (Å²) in [6.07, 6.45) is 0.812. The van der Waals surface area contributed by atoms with E-state index in [1.54, 1.807) is 24.3 Å². The molecule has 0 bridgehead atoms. The maximum absolute atomic E-state index is 10.4. The number of hydrogen-bond donors (Lipinski definition) is 0. The largest absolute Gasteiger partial charge is 0.491 e. The lowest BCUT2D eigenvalue weighted by Crippen LogP contribution is -2.22. The molecule has 3 heteroatoms. The van der Waals surface area contributed by atoms with Crippen LogP contribution in [0, 0.1) is 0 Å². The molecule has 0 saturated carbocycles. The maximum atomic E-state index is 10.4. The Morgan fingerprint density at radius 1 is 1.12 bits per heavy atom. The molecule has 0 fully saturated rings. The van der Waals surface area contributed by atoms with Gasteiger partial charge in [-0.05, 0) is 45.0 Å². The molecule has 0 amide bonds. The van der Waals surface area contributed by atoms with Gasteiger partial charge in [0.1, 0.15) is 18.6 Å². The SMILES string of the molecule is CC(C)(C)OCCOc1ccc(C=O)cc1. The van der Waals surface area contributed by atoms with Crippen molar-refractivity contribution >= 4 is 6.29 Å². The molecule has 1 rings (SSSR count). The van der Waals surface area contributed by atoms with Gasteiger partial charge in [-0.2, -0.15) is 0 Å². The van der Waals surface area contributed by atoms with E-state index in [1.807, 2.05) is 20.8 Å². The first-order chi connectivity index (χ1) is 7.51. The molecule has 0 aliphatic carbocycles. The van der Waals surface area contributed by atoms with Crippen LogP contribution in [0.15, 0.2) is 24.3 Å². The van der Waals surface area contributed by atoms with Crippen LogP contribution in [-0.4, -0.2) is 25.1 Å².